The Hall–Kier alpha value is -1.40. The third-order valence-electron chi connectivity index (χ3n) is 1.90. The number of aromatic carboxylic acids is 1. The molecule has 16 heavy (non-hydrogen) atoms. The van der Waals surface area contributed by atoms with Gasteiger partial charge in [0, 0.05) is 5.39 Å². The SMILES string of the molecule is CCOC(=O)c1cc2cc(C(=O)O)sc2s1. The van der Waals surface area contributed by atoms with Crippen LogP contribution in [0.15, 0.2) is 12.1 Å². The average molecular weight is 256 g/mol. The zero-order valence-corrected chi connectivity index (χ0v) is 9.98. The molecule has 2 aromatic rings. The van der Waals surface area contributed by atoms with Crippen molar-refractivity contribution in [1.82, 2.24) is 0 Å². The van der Waals surface area contributed by atoms with Crippen LogP contribution in [-0.4, -0.2) is 23.7 Å². The van der Waals surface area contributed by atoms with Gasteiger partial charge in [0.25, 0.3) is 0 Å². The fraction of sp³-hybridized carbons (Fsp3) is 0.200. The van der Waals surface area contributed by atoms with Crippen LogP contribution in [0.3, 0.4) is 0 Å². The van der Waals surface area contributed by atoms with Crippen LogP contribution in [-0.2, 0) is 4.74 Å². The summed E-state index contributed by atoms with van der Waals surface area (Å²) in [6.07, 6.45) is 0. The summed E-state index contributed by atoms with van der Waals surface area (Å²) in [5, 5.41) is 9.58. The van der Waals surface area contributed by atoms with Crippen molar-refractivity contribution in [2.24, 2.45) is 0 Å². The standard InChI is InChI=1S/C10H8O4S2/c1-2-14-9(13)7-4-5-3-6(8(11)12)15-10(5)16-7/h3-4H,2H2,1H3,(H,11,12). The van der Waals surface area contributed by atoms with E-state index in [2.05, 4.69) is 0 Å². The van der Waals surface area contributed by atoms with E-state index in [4.69, 9.17) is 9.84 Å². The molecule has 0 aromatic carbocycles. The number of hydrogen-bond acceptors (Lipinski definition) is 5. The highest BCUT2D eigenvalue weighted by Gasteiger charge is 2.15. The second-order valence-corrected chi connectivity index (χ2v) is 5.35. The molecular weight excluding hydrogens is 248 g/mol. The zero-order valence-electron chi connectivity index (χ0n) is 8.35. The van der Waals surface area contributed by atoms with E-state index in [1.165, 1.54) is 22.7 Å². The lowest BCUT2D eigenvalue weighted by atomic mass is 10.3. The van der Waals surface area contributed by atoms with E-state index in [-0.39, 0.29) is 10.8 Å². The highest BCUT2D eigenvalue weighted by molar-refractivity contribution is 7.39. The maximum atomic E-state index is 11.4. The van der Waals surface area contributed by atoms with E-state index < -0.39 is 5.97 Å². The van der Waals surface area contributed by atoms with Gasteiger partial charge in [0.1, 0.15) is 9.75 Å². The Bertz CT molecular complexity index is 521. The molecule has 0 bridgehead atoms. The summed E-state index contributed by atoms with van der Waals surface area (Å²) in [5.74, 6) is -1.29. The Morgan fingerprint density at radius 2 is 1.94 bits per heavy atom. The first kappa shape index (κ1) is 11.1. The molecule has 0 saturated heterocycles. The third-order valence-corrected chi connectivity index (χ3v) is 4.26. The van der Waals surface area contributed by atoms with Gasteiger partial charge >= 0.3 is 11.9 Å². The van der Waals surface area contributed by atoms with Crippen LogP contribution in [0.25, 0.3) is 9.40 Å². The highest BCUT2D eigenvalue weighted by atomic mass is 32.2. The van der Waals surface area contributed by atoms with E-state index in [0.29, 0.717) is 11.5 Å². The lowest BCUT2D eigenvalue weighted by molar-refractivity contribution is 0.0531. The Labute approximate surface area is 99.1 Å². The van der Waals surface area contributed by atoms with Gasteiger partial charge in [-0.25, -0.2) is 9.59 Å². The van der Waals surface area contributed by atoms with Gasteiger partial charge in [0.05, 0.1) is 10.6 Å². The number of carbonyl (C=O) groups excluding carboxylic acids is 1. The molecule has 0 saturated carbocycles. The Morgan fingerprint density at radius 3 is 2.50 bits per heavy atom. The fourth-order valence-electron chi connectivity index (χ4n) is 1.25. The van der Waals surface area contributed by atoms with Gasteiger partial charge in [-0.15, -0.1) is 22.7 Å². The van der Waals surface area contributed by atoms with Crippen molar-refractivity contribution < 1.29 is 19.4 Å². The number of esters is 1. The van der Waals surface area contributed by atoms with Crippen molar-refractivity contribution in [2.45, 2.75) is 6.92 Å². The van der Waals surface area contributed by atoms with Crippen molar-refractivity contribution in [3.63, 3.8) is 0 Å². The molecule has 2 rings (SSSR count). The van der Waals surface area contributed by atoms with E-state index >= 15 is 0 Å². The molecule has 1 N–H and O–H groups in total. The number of thiophene rings is 2. The number of fused-ring (bicyclic) bond motifs is 1. The van der Waals surface area contributed by atoms with Crippen LogP contribution in [0, 0.1) is 0 Å². The molecule has 0 atom stereocenters. The van der Waals surface area contributed by atoms with Gasteiger partial charge in [-0.3, -0.25) is 0 Å². The van der Waals surface area contributed by atoms with Gasteiger partial charge in [-0.1, -0.05) is 0 Å². The number of carboxylic acid groups (broad SMARTS) is 1. The van der Waals surface area contributed by atoms with Crippen molar-refractivity contribution >= 4 is 44.0 Å². The molecule has 0 aliphatic rings. The van der Waals surface area contributed by atoms with Gasteiger partial charge in [0.15, 0.2) is 0 Å². The topological polar surface area (TPSA) is 63.6 Å². The first-order chi connectivity index (χ1) is 7.61. The minimum atomic E-state index is -0.939. The molecule has 0 aliphatic carbocycles. The van der Waals surface area contributed by atoms with Gasteiger partial charge in [-0.2, -0.15) is 0 Å². The molecule has 0 unspecified atom stereocenters. The number of rotatable bonds is 3. The quantitative estimate of drug-likeness (QED) is 0.858. The first-order valence-electron chi connectivity index (χ1n) is 4.55. The van der Waals surface area contributed by atoms with Crippen LogP contribution in [0.4, 0.5) is 0 Å². The van der Waals surface area contributed by atoms with E-state index in [9.17, 15) is 9.59 Å². The summed E-state index contributed by atoms with van der Waals surface area (Å²) in [7, 11) is 0. The number of ether oxygens (including phenoxy) is 1. The molecular formula is C10H8O4S2. The highest BCUT2D eigenvalue weighted by Crippen LogP contribution is 2.33. The van der Waals surface area contributed by atoms with Crippen LogP contribution >= 0.6 is 22.7 Å². The summed E-state index contributed by atoms with van der Waals surface area (Å²) in [6.45, 7) is 2.08. The molecule has 84 valence electrons. The predicted octanol–water partition coefficient (Wildman–Crippen LogP) is 2.84. The monoisotopic (exact) mass is 256 g/mol. The molecule has 2 aromatic heterocycles. The molecule has 0 aliphatic heterocycles. The minimum absolute atomic E-state index is 0.289. The summed E-state index contributed by atoms with van der Waals surface area (Å²) in [6, 6.07) is 3.24. The Kier molecular flexibility index (Phi) is 2.93. The van der Waals surface area contributed by atoms with Crippen LogP contribution in [0.2, 0.25) is 0 Å². The van der Waals surface area contributed by atoms with Crippen molar-refractivity contribution in [2.75, 3.05) is 6.61 Å². The normalized spacial score (nSPS) is 10.6. The maximum absolute atomic E-state index is 11.4. The summed E-state index contributed by atoms with van der Waals surface area (Å²) in [4.78, 5) is 22.9. The summed E-state index contributed by atoms with van der Waals surface area (Å²) in [5.41, 5.74) is 0. The number of carboxylic acids is 1. The third kappa shape index (κ3) is 1.94. The number of hydrogen-bond donors (Lipinski definition) is 1. The molecule has 4 nitrogen and oxygen atoms in total. The summed E-state index contributed by atoms with van der Waals surface area (Å²) < 4.78 is 5.70. The lowest BCUT2D eigenvalue weighted by Crippen LogP contribution is -2.01. The predicted molar refractivity (Wildman–Crippen MR) is 62.6 cm³/mol. The van der Waals surface area contributed by atoms with Crippen molar-refractivity contribution in [3.8, 4) is 0 Å². The van der Waals surface area contributed by atoms with E-state index in [1.807, 2.05) is 0 Å². The van der Waals surface area contributed by atoms with Crippen molar-refractivity contribution in [1.29, 1.82) is 0 Å². The average Bonchev–Trinajstić information content (AvgIpc) is 2.73. The largest absolute Gasteiger partial charge is 0.477 e. The van der Waals surface area contributed by atoms with Crippen LogP contribution in [0.5, 0.6) is 0 Å². The van der Waals surface area contributed by atoms with Gasteiger partial charge < -0.3 is 9.84 Å². The number of carbonyl (C=O) groups is 2. The maximum Gasteiger partial charge on any atom is 0.348 e. The minimum Gasteiger partial charge on any atom is -0.477 e. The van der Waals surface area contributed by atoms with Gasteiger partial charge in [-0.05, 0) is 19.1 Å². The Morgan fingerprint density at radius 1 is 1.31 bits per heavy atom. The molecule has 0 spiro atoms. The second-order valence-electron chi connectivity index (χ2n) is 2.99. The van der Waals surface area contributed by atoms with Crippen LogP contribution < -0.4 is 0 Å². The zero-order chi connectivity index (χ0) is 11.7. The fourth-order valence-corrected chi connectivity index (χ4v) is 3.43. The molecule has 0 amide bonds. The van der Waals surface area contributed by atoms with Crippen molar-refractivity contribution in [3.05, 3.63) is 21.9 Å². The smallest absolute Gasteiger partial charge is 0.348 e. The molecule has 6 heteroatoms. The first-order valence-corrected chi connectivity index (χ1v) is 6.19. The molecule has 2 heterocycles. The van der Waals surface area contributed by atoms with Crippen LogP contribution in [0.1, 0.15) is 26.3 Å². The molecule has 0 fully saturated rings. The Balaban J connectivity index is 2.35. The second kappa shape index (κ2) is 4.23. The van der Waals surface area contributed by atoms with E-state index in [0.717, 1.165) is 9.40 Å². The lowest BCUT2D eigenvalue weighted by Gasteiger charge is -1.96. The van der Waals surface area contributed by atoms with Gasteiger partial charge in [0.2, 0.25) is 0 Å². The molecule has 0 radical (unpaired) electrons. The van der Waals surface area contributed by atoms with E-state index in [1.54, 1.807) is 19.1 Å². The summed E-state index contributed by atoms with van der Waals surface area (Å²) >= 11 is 2.44.